The number of aryl methyl sites for hydroxylation is 1. The number of rotatable bonds is 4. The minimum Gasteiger partial charge on any atom is -0.371 e. The molecule has 5 nitrogen and oxygen atoms in total. The second-order valence-corrected chi connectivity index (χ2v) is 8.12. The number of carbonyl (C=O) groups excluding carboxylic acids is 1. The number of nitrogens with one attached hydrogen (secondary N) is 1. The normalized spacial score (nSPS) is 17.4. The van der Waals surface area contributed by atoms with E-state index in [1.807, 2.05) is 55.5 Å². The fourth-order valence-corrected chi connectivity index (χ4v) is 4.43. The quantitative estimate of drug-likeness (QED) is 0.686. The molecule has 0 spiro atoms. The number of hydrogen-bond acceptors (Lipinski definition) is 4. The van der Waals surface area contributed by atoms with Gasteiger partial charge in [-0.1, -0.05) is 72.3 Å². The molecule has 6 heteroatoms. The number of fused-ring (bicyclic) bond motifs is 1. The zero-order chi connectivity index (χ0) is 19.7. The first-order valence-electron chi connectivity index (χ1n) is 8.93. The van der Waals surface area contributed by atoms with Crippen molar-refractivity contribution in [3.8, 4) is 5.75 Å². The SMILES string of the molecule is Cc1ccc2c(c1)[C@@H](Cc1ccccc1C(=O)c1ccccc1)NS(=O)(=O)O2. The van der Waals surface area contributed by atoms with E-state index in [1.165, 1.54) is 0 Å². The minimum absolute atomic E-state index is 0.0874. The van der Waals surface area contributed by atoms with Gasteiger partial charge in [-0.3, -0.25) is 4.79 Å². The van der Waals surface area contributed by atoms with E-state index in [0.29, 0.717) is 23.3 Å². The molecule has 0 bridgehead atoms. The highest BCUT2D eigenvalue weighted by Gasteiger charge is 2.31. The molecule has 0 aliphatic carbocycles. The van der Waals surface area contributed by atoms with Gasteiger partial charge in [0.05, 0.1) is 6.04 Å². The Bertz CT molecular complexity index is 1140. The second kappa shape index (κ2) is 7.22. The van der Waals surface area contributed by atoms with Gasteiger partial charge in [-0.2, -0.15) is 13.1 Å². The summed E-state index contributed by atoms with van der Waals surface area (Å²) in [4.78, 5) is 13.0. The average Bonchev–Trinajstić information content (AvgIpc) is 2.68. The third-order valence-electron chi connectivity index (χ3n) is 4.75. The molecule has 1 atom stereocenters. The van der Waals surface area contributed by atoms with E-state index in [0.717, 1.165) is 16.7 Å². The van der Waals surface area contributed by atoms with Gasteiger partial charge in [0.2, 0.25) is 0 Å². The summed E-state index contributed by atoms with van der Waals surface area (Å²) in [5, 5.41) is 0. The van der Waals surface area contributed by atoms with Gasteiger partial charge in [-0.15, -0.1) is 0 Å². The molecule has 1 heterocycles. The van der Waals surface area contributed by atoms with Crippen molar-refractivity contribution in [1.29, 1.82) is 0 Å². The molecule has 0 radical (unpaired) electrons. The summed E-state index contributed by atoms with van der Waals surface area (Å²) in [6, 6.07) is 21.2. The molecule has 4 rings (SSSR count). The van der Waals surface area contributed by atoms with Crippen molar-refractivity contribution < 1.29 is 17.4 Å². The summed E-state index contributed by atoms with van der Waals surface area (Å²) in [6.07, 6.45) is 0.341. The highest BCUT2D eigenvalue weighted by atomic mass is 32.2. The molecule has 3 aromatic carbocycles. The number of ketones is 1. The predicted molar refractivity (Wildman–Crippen MR) is 107 cm³/mol. The Morgan fingerprint density at radius 3 is 2.50 bits per heavy atom. The monoisotopic (exact) mass is 393 g/mol. The van der Waals surface area contributed by atoms with E-state index in [4.69, 9.17) is 4.18 Å². The van der Waals surface area contributed by atoms with Gasteiger partial charge >= 0.3 is 10.3 Å². The fourth-order valence-electron chi connectivity index (χ4n) is 3.43. The molecule has 1 aliphatic rings. The molecular weight excluding hydrogens is 374 g/mol. The topological polar surface area (TPSA) is 72.5 Å². The van der Waals surface area contributed by atoms with E-state index in [2.05, 4.69) is 4.72 Å². The minimum atomic E-state index is -3.90. The first-order valence-corrected chi connectivity index (χ1v) is 10.3. The van der Waals surface area contributed by atoms with Crippen molar-refractivity contribution >= 4 is 16.1 Å². The van der Waals surface area contributed by atoms with Crippen LogP contribution in [0.15, 0.2) is 72.8 Å². The first kappa shape index (κ1) is 18.4. The Kier molecular flexibility index (Phi) is 4.75. The maximum Gasteiger partial charge on any atom is 0.383 e. The summed E-state index contributed by atoms with van der Waals surface area (Å²) in [5.74, 6) is 0.233. The maximum atomic E-state index is 13.0. The lowest BCUT2D eigenvalue weighted by Crippen LogP contribution is -2.38. The van der Waals surface area contributed by atoms with Gasteiger partial charge in [-0.25, -0.2) is 0 Å². The van der Waals surface area contributed by atoms with Crippen LogP contribution in [0.1, 0.15) is 38.7 Å². The van der Waals surface area contributed by atoms with E-state index in [9.17, 15) is 13.2 Å². The van der Waals surface area contributed by atoms with E-state index in [-0.39, 0.29) is 5.78 Å². The highest BCUT2D eigenvalue weighted by molar-refractivity contribution is 7.85. The van der Waals surface area contributed by atoms with E-state index < -0.39 is 16.3 Å². The molecule has 0 amide bonds. The molecule has 0 unspecified atom stereocenters. The lowest BCUT2D eigenvalue weighted by Gasteiger charge is -2.27. The number of hydrogen-bond donors (Lipinski definition) is 1. The summed E-state index contributed by atoms with van der Waals surface area (Å²) < 4.78 is 31.9. The van der Waals surface area contributed by atoms with Crippen LogP contribution in [0.2, 0.25) is 0 Å². The highest BCUT2D eigenvalue weighted by Crippen LogP contribution is 2.34. The van der Waals surface area contributed by atoms with Gasteiger partial charge in [0.1, 0.15) is 5.75 Å². The van der Waals surface area contributed by atoms with Crippen molar-refractivity contribution in [2.75, 3.05) is 0 Å². The van der Waals surface area contributed by atoms with Crippen LogP contribution in [0.4, 0.5) is 0 Å². The van der Waals surface area contributed by atoms with Crippen molar-refractivity contribution in [3.63, 3.8) is 0 Å². The Hall–Kier alpha value is -2.96. The first-order chi connectivity index (χ1) is 13.4. The molecule has 28 heavy (non-hydrogen) atoms. The maximum absolute atomic E-state index is 13.0. The Morgan fingerprint density at radius 1 is 1.00 bits per heavy atom. The smallest absolute Gasteiger partial charge is 0.371 e. The van der Waals surface area contributed by atoms with Crippen LogP contribution < -0.4 is 8.91 Å². The third kappa shape index (κ3) is 3.69. The van der Waals surface area contributed by atoms with Crippen LogP contribution in [0.5, 0.6) is 5.75 Å². The molecule has 142 valence electrons. The van der Waals surface area contributed by atoms with Crippen molar-refractivity contribution in [1.82, 2.24) is 4.72 Å². The van der Waals surface area contributed by atoms with Gasteiger partial charge < -0.3 is 4.18 Å². The lowest BCUT2D eigenvalue weighted by molar-refractivity contribution is 0.103. The van der Waals surface area contributed by atoms with E-state index in [1.54, 1.807) is 24.3 Å². The van der Waals surface area contributed by atoms with Gasteiger partial charge in [-0.05, 0) is 25.0 Å². The zero-order valence-corrected chi connectivity index (χ0v) is 16.1. The number of benzene rings is 3. The molecular formula is C22H19NO4S. The molecule has 3 aromatic rings. The Morgan fingerprint density at radius 2 is 1.71 bits per heavy atom. The van der Waals surface area contributed by atoms with Crippen LogP contribution in [0.25, 0.3) is 0 Å². The molecule has 0 saturated heterocycles. The lowest BCUT2D eigenvalue weighted by atomic mass is 9.91. The van der Waals surface area contributed by atoms with Crippen LogP contribution in [-0.4, -0.2) is 14.2 Å². The second-order valence-electron chi connectivity index (χ2n) is 6.81. The zero-order valence-electron chi connectivity index (χ0n) is 15.3. The van der Waals surface area contributed by atoms with Crippen molar-refractivity contribution in [2.45, 2.75) is 19.4 Å². The van der Waals surface area contributed by atoms with Crippen LogP contribution in [-0.2, 0) is 16.7 Å². The molecule has 0 aromatic heterocycles. The van der Waals surface area contributed by atoms with Gasteiger partial charge in [0.25, 0.3) is 0 Å². The largest absolute Gasteiger partial charge is 0.383 e. The van der Waals surface area contributed by atoms with Crippen molar-refractivity contribution in [2.24, 2.45) is 0 Å². The standard InChI is InChI=1S/C22H19NO4S/c1-15-11-12-21-19(13-15)20(23-28(25,26)27-21)14-17-9-5-6-10-18(17)22(24)16-7-3-2-4-8-16/h2-13,20,23H,14H2,1H3/t20-/m1/s1. The van der Waals surface area contributed by atoms with Crippen LogP contribution >= 0.6 is 0 Å². The third-order valence-corrected chi connectivity index (χ3v) is 5.72. The molecule has 0 saturated carbocycles. The van der Waals surface area contributed by atoms with Crippen LogP contribution in [0.3, 0.4) is 0 Å². The van der Waals surface area contributed by atoms with Crippen LogP contribution in [0, 0.1) is 6.92 Å². The van der Waals surface area contributed by atoms with Crippen molar-refractivity contribution in [3.05, 3.63) is 101 Å². The molecule has 1 N–H and O–H groups in total. The fraction of sp³-hybridized carbons (Fsp3) is 0.136. The summed E-state index contributed by atoms with van der Waals surface area (Å²) in [6.45, 7) is 1.94. The van der Waals surface area contributed by atoms with E-state index >= 15 is 0 Å². The molecule has 0 fully saturated rings. The summed E-state index contributed by atoms with van der Waals surface area (Å²) in [7, 11) is -3.90. The average molecular weight is 393 g/mol. The Labute approximate surface area is 164 Å². The van der Waals surface area contributed by atoms with Gasteiger partial charge in [0, 0.05) is 16.7 Å². The number of carbonyl (C=O) groups is 1. The predicted octanol–water partition coefficient (Wildman–Crippen LogP) is 3.74. The molecule has 1 aliphatic heterocycles. The Balaban J connectivity index is 1.73. The summed E-state index contributed by atoms with van der Waals surface area (Å²) >= 11 is 0. The van der Waals surface area contributed by atoms with Gasteiger partial charge in [0.15, 0.2) is 5.78 Å². The summed E-state index contributed by atoms with van der Waals surface area (Å²) in [5.41, 5.74) is 3.70.